The molecule has 138 valence electrons. The summed E-state index contributed by atoms with van der Waals surface area (Å²) in [5.74, 6) is 0.0930. The van der Waals surface area contributed by atoms with Gasteiger partial charge in [-0.05, 0) is 50.3 Å². The van der Waals surface area contributed by atoms with Gasteiger partial charge in [0.1, 0.15) is 4.83 Å². The van der Waals surface area contributed by atoms with E-state index in [1.165, 1.54) is 4.83 Å². The van der Waals surface area contributed by atoms with Crippen molar-refractivity contribution >= 4 is 27.3 Å². The molecule has 2 aromatic heterocycles. The van der Waals surface area contributed by atoms with Crippen LogP contribution in [0.15, 0.2) is 65.2 Å². The quantitative estimate of drug-likeness (QED) is 0.407. The number of rotatable bonds is 5. The number of hydrogen-bond acceptors (Lipinski definition) is 3. The lowest BCUT2D eigenvalue weighted by Gasteiger charge is -2.17. The van der Waals surface area contributed by atoms with Gasteiger partial charge in [0.05, 0.1) is 5.69 Å². The molecule has 2 aromatic rings. The molecule has 0 aliphatic carbocycles. The zero-order chi connectivity index (χ0) is 19.1. The summed E-state index contributed by atoms with van der Waals surface area (Å²) in [4.78, 5) is 14.3. The van der Waals surface area contributed by atoms with Crippen molar-refractivity contribution in [2.24, 2.45) is 0 Å². The summed E-state index contributed by atoms with van der Waals surface area (Å²) in [6, 6.07) is 4.09. The second-order valence-corrected chi connectivity index (χ2v) is 6.93. The SMILES string of the molecule is C/C=C(/C(=O)c1cc2ccsc2n1CC)C1=CNCC=C1C.C=CCC. The molecule has 0 saturated carbocycles. The molecule has 4 heteroatoms. The first-order chi connectivity index (χ1) is 12.6. The van der Waals surface area contributed by atoms with Gasteiger partial charge in [0.2, 0.25) is 5.78 Å². The summed E-state index contributed by atoms with van der Waals surface area (Å²) in [6.45, 7) is 13.2. The Labute approximate surface area is 160 Å². The fourth-order valence-electron chi connectivity index (χ4n) is 2.91. The van der Waals surface area contributed by atoms with Gasteiger partial charge in [-0.15, -0.1) is 17.9 Å². The topological polar surface area (TPSA) is 34.0 Å². The Hall–Kier alpha value is -2.33. The number of nitrogens with one attached hydrogen (secondary N) is 1. The third-order valence-electron chi connectivity index (χ3n) is 4.36. The summed E-state index contributed by atoms with van der Waals surface area (Å²) in [5, 5.41) is 6.42. The van der Waals surface area contributed by atoms with Crippen molar-refractivity contribution in [1.29, 1.82) is 0 Å². The van der Waals surface area contributed by atoms with E-state index < -0.39 is 0 Å². The zero-order valence-corrected chi connectivity index (χ0v) is 17.0. The Bertz CT molecular complexity index is 877. The zero-order valence-electron chi connectivity index (χ0n) is 16.1. The molecule has 0 saturated heterocycles. The van der Waals surface area contributed by atoms with Crippen molar-refractivity contribution in [1.82, 2.24) is 9.88 Å². The largest absolute Gasteiger partial charge is 0.387 e. The predicted octanol–water partition coefficient (Wildman–Crippen LogP) is 5.87. The fourth-order valence-corrected chi connectivity index (χ4v) is 3.87. The maximum atomic E-state index is 13.1. The Morgan fingerprint density at radius 3 is 2.73 bits per heavy atom. The lowest BCUT2D eigenvalue weighted by molar-refractivity contribution is 0.102. The molecule has 1 aliphatic heterocycles. The van der Waals surface area contributed by atoms with Crippen molar-refractivity contribution in [2.75, 3.05) is 6.54 Å². The van der Waals surface area contributed by atoms with Crippen LogP contribution in [0.1, 0.15) is 44.6 Å². The first-order valence-corrected chi connectivity index (χ1v) is 9.96. The maximum Gasteiger partial charge on any atom is 0.209 e. The first-order valence-electron chi connectivity index (χ1n) is 9.08. The van der Waals surface area contributed by atoms with Crippen LogP contribution in [0, 0.1) is 0 Å². The van der Waals surface area contributed by atoms with Gasteiger partial charge in [0.15, 0.2) is 0 Å². The summed E-state index contributed by atoms with van der Waals surface area (Å²) < 4.78 is 2.11. The van der Waals surface area contributed by atoms with Crippen molar-refractivity contribution in [3.63, 3.8) is 0 Å². The van der Waals surface area contributed by atoms with Crippen LogP contribution in [-0.4, -0.2) is 16.9 Å². The molecule has 0 atom stereocenters. The van der Waals surface area contributed by atoms with E-state index in [4.69, 9.17) is 0 Å². The van der Waals surface area contributed by atoms with Crippen LogP contribution in [0.2, 0.25) is 0 Å². The highest BCUT2D eigenvalue weighted by molar-refractivity contribution is 7.16. The molecular weight excluding hydrogens is 340 g/mol. The number of carbonyl (C=O) groups excluding carboxylic acids is 1. The Balaban J connectivity index is 0.000000552. The average molecular weight is 369 g/mol. The van der Waals surface area contributed by atoms with Crippen LogP contribution < -0.4 is 5.32 Å². The number of hydrogen-bond donors (Lipinski definition) is 1. The van der Waals surface area contributed by atoms with E-state index in [0.717, 1.165) is 47.3 Å². The minimum Gasteiger partial charge on any atom is -0.387 e. The summed E-state index contributed by atoms with van der Waals surface area (Å²) in [6.07, 6.45) is 8.94. The highest BCUT2D eigenvalue weighted by atomic mass is 32.1. The molecule has 0 unspecified atom stereocenters. The standard InChI is InChI=1S/C18H20N2OS.C4H8/c1-4-14(15-11-19-8-6-12(15)3)17(21)16-10-13-7-9-22-18(13)20(16)5-2;1-3-4-2/h4,6-7,9-11,19H,5,8H2,1-3H3;3H,1,4H2,2H3/b14-4+;. The van der Waals surface area contributed by atoms with Crippen LogP contribution in [0.5, 0.6) is 0 Å². The predicted molar refractivity (Wildman–Crippen MR) is 114 cm³/mol. The Morgan fingerprint density at radius 1 is 1.42 bits per heavy atom. The second kappa shape index (κ2) is 9.39. The van der Waals surface area contributed by atoms with Crippen LogP contribution in [0.3, 0.4) is 0 Å². The van der Waals surface area contributed by atoms with Gasteiger partial charge in [-0.3, -0.25) is 4.79 Å². The van der Waals surface area contributed by atoms with Crippen molar-refractivity contribution < 1.29 is 4.79 Å². The van der Waals surface area contributed by atoms with E-state index >= 15 is 0 Å². The molecule has 1 aliphatic rings. The number of nitrogens with zero attached hydrogens (tertiary/aromatic N) is 1. The van der Waals surface area contributed by atoms with Gasteiger partial charge in [-0.1, -0.05) is 25.2 Å². The van der Waals surface area contributed by atoms with Crippen LogP contribution in [0.4, 0.5) is 0 Å². The molecule has 3 rings (SSSR count). The van der Waals surface area contributed by atoms with E-state index in [1.54, 1.807) is 11.3 Å². The van der Waals surface area contributed by atoms with Crippen LogP contribution in [-0.2, 0) is 6.54 Å². The van der Waals surface area contributed by atoms with Crippen molar-refractivity contribution in [3.05, 3.63) is 70.9 Å². The molecule has 0 fully saturated rings. The minimum atomic E-state index is 0.0930. The lowest BCUT2D eigenvalue weighted by Crippen LogP contribution is -2.17. The number of dihydropyridines is 1. The summed E-state index contributed by atoms with van der Waals surface area (Å²) in [5.41, 5.74) is 3.68. The van der Waals surface area contributed by atoms with Crippen molar-refractivity contribution in [3.8, 4) is 0 Å². The van der Waals surface area contributed by atoms with Gasteiger partial charge >= 0.3 is 0 Å². The normalized spacial score (nSPS) is 14.1. The van der Waals surface area contributed by atoms with E-state index in [-0.39, 0.29) is 5.78 Å². The molecule has 3 heterocycles. The highest BCUT2D eigenvalue weighted by Gasteiger charge is 2.22. The molecule has 0 amide bonds. The lowest BCUT2D eigenvalue weighted by atomic mass is 9.93. The van der Waals surface area contributed by atoms with Gasteiger partial charge < -0.3 is 9.88 Å². The van der Waals surface area contributed by atoms with Gasteiger partial charge in [-0.2, -0.15) is 0 Å². The molecule has 26 heavy (non-hydrogen) atoms. The van der Waals surface area contributed by atoms with Gasteiger partial charge in [0, 0.05) is 35.8 Å². The molecular formula is C22H28N2OS. The molecule has 0 aromatic carbocycles. The van der Waals surface area contributed by atoms with E-state index in [1.807, 2.05) is 31.3 Å². The van der Waals surface area contributed by atoms with E-state index in [0.29, 0.717) is 0 Å². The number of carbonyl (C=O) groups is 1. The number of allylic oxidation sites excluding steroid dienone is 5. The summed E-state index contributed by atoms with van der Waals surface area (Å²) in [7, 11) is 0. The van der Waals surface area contributed by atoms with E-state index in [2.05, 4.69) is 54.8 Å². The molecule has 0 radical (unpaired) electrons. The first kappa shape index (κ1) is 20.0. The monoisotopic (exact) mass is 368 g/mol. The number of fused-ring (bicyclic) bond motifs is 1. The molecule has 3 nitrogen and oxygen atoms in total. The Kier molecular flexibility index (Phi) is 7.22. The van der Waals surface area contributed by atoms with Crippen LogP contribution >= 0.6 is 11.3 Å². The average Bonchev–Trinajstić information content (AvgIpc) is 3.24. The fraction of sp³-hybridized carbons (Fsp3) is 0.318. The number of aryl methyl sites for hydroxylation is 1. The Morgan fingerprint density at radius 2 is 2.15 bits per heavy atom. The number of thiophene rings is 1. The smallest absolute Gasteiger partial charge is 0.209 e. The molecule has 0 spiro atoms. The highest BCUT2D eigenvalue weighted by Crippen LogP contribution is 2.29. The number of aromatic nitrogens is 1. The number of ketones is 1. The summed E-state index contributed by atoms with van der Waals surface area (Å²) >= 11 is 1.69. The second-order valence-electron chi connectivity index (χ2n) is 6.04. The third kappa shape index (κ3) is 4.07. The minimum absolute atomic E-state index is 0.0930. The maximum absolute atomic E-state index is 13.1. The third-order valence-corrected chi connectivity index (χ3v) is 5.31. The molecule has 0 bridgehead atoms. The van der Waals surface area contributed by atoms with Crippen molar-refractivity contribution in [2.45, 2.75) is 40.7 Å². The number of Topliss-reactive ketones (excluding diaryl/α,β-unsaturated/α-hetero) is 1. The van der Waals surface area contributed by atoms with Gasteiger partial charge in [-0.25, -0.2) is 0 Å². The van der Waals surface area contributed by atoms with Gasteiger partial charge in [0.25, 0.3) is 0 Å². The molecule has 1 N–H and O–H groups in total. The van der Waals surface area contributed by atoms with E-state index in [9.17, 15) is 4.79 Å². The van der Waals surface area contributed by atoms with Crippen LogP contribution in [0.25, 0.3) is 10.2 Å².